The monoisotopic (exact) mass is 586 g/mol. The van der Waals surface area contributed by atoms with Crippen molar-refractivity contribution in [1.29, 1.82) is 5.26 Å². The lowest BCUT2D eigenvalue weighted by molar-refractivity contribution is 0.0697. The van der Waals surface area contributed by atoms with Crippen molar-refractivity contribution in [3.63, 3.8) is 0 Å². The molecule has 0 fully saturated rings. The number of hydrogen-bond acceptors (Lipinski definition) is 6. The number of rotatable bonds is 10. The molecule has 0 amide bonds. The van der Waals surface area contributed by atoms with Gasteiger partial charge in [0.1, 0.15) is 29.9 Å². The van der Waals surface area contributed by atoms with E-state index in [9.17, 15) is 14.3 Å². The van der Waals surface area contributed by atoms with E-state index in [0.717, 1.165) is 18.2 Å². The van der Waals surface area contributed by atoms with Crippen molar-refractivity contribution in [3.8, 4) is 23.2 Å². The van der Waals surface area contributed by atoms with Crippen LogP contribution in [0.2, 0.25) is 0 Å². The number of imidazole rings is 1. The van der Waals surface area contributed by atoms with Gasteiger partial charge in [0.05, 0.1) is 46.6 Å². The maximum absolute atomic E-state index is 15.4. The van der Waals surface area contributed by atoms with Gasteiger partial charge in [-0.2, -0.15) is 5.26 Å². The van der Waals surface area contributed by atoms with Gasteiger partial charge in [-0.15, -0.1) is 0 Å². The number of nitriles is 1. The highest BCUT2D eigenvalue weighted by atomic mass is 19.1. The number of fused-ring (bicyclic) bond motifs is 1. The topological polar surface area (TPSA) is 110 Å². The number of pyridine rings is 1. The predicted molar refractivity (Wildman–Crippen MR) is 151 cm³/mol. The first-order valence-corrected chi connectivity index (χ1v) is 13.2. The number of carboxylic acids is 1. The summed E-state index contributed by atoms with van der Waals surface area (Å²) in [5.41, 5.74) is 1.58. The Bertz CT molecular complexity index is 1880. The third-order valence-corrected chi connectivity index (χ3v) is 6.96. The highest BCUT2D eigenvalue weighted by Crippen LogP contribution is 2.28. The molecule has 0 spiro atoms. The smallest absolute Gasteiger partial charge is 0.335 e. The van der Waals surface area contributed by atoms with Crippen LogP contribution in [-0.2, 0) is 24.3 Å². The summed E-state index contributed by atoms with van der Waals surface area (Å²) < 4.78 is 57.8. The summed E-state index contributed by atoms with van der Waals surface area (Å²) >= 11 is 0. The van der Waals surface area contributed by atoms with Crippen molar-refractivity contribution in [2.45, 2.75) is 32.6 Å². The van der Waals surface area contributed by atoms with Gasteiger partial charge in [0, 0.05) is 30.7 Å². The largest absolute Gasteiger partial charge is 0.478 e. The molecule has 2 aromatic heterocycles. The second-order valence-electron chi connectivity index (χ2n) is 9.86. The molecule has 5 rings (SSSR count). The van der Waals surface area contributed by atoms with E-state index in [4.69, 9.17) is 14.7 Å². The molecule has 0 unspecified atom stereocenters. The normalized spacial score (nSPS) is 11.8. The number of ether oxygens (including phenoxy) is 2. The van der Waals surface area contributed by atoms with E-state index in [0.29, 0.717) is 23.4 Å². The molecule has 2 heterocycles. The van der Waals surface area contributed by atoms with E-state index < -0.39 is 23.4 Å². The average molecular weight is 587 g/mol. The molecule has 0 bridgehead atoms. The highest BCUT2D eigenvalue weighted by molar-refractivity contribution is 5.92. The maximum atomic E-state index is 15.4. The number of nitrogens with zero attached hydrogens (tertiary/aromatic N) is 4. The third-order valence-electron chi connectivity index (χ3n) is 6.96. The number of hydrogen-bond donors (Lipinski definition) is 1. The van der Waals surface area contributed by atoms with Crippen LogP contribution in [0, 0.1) is 28.8 Å². The van der Waals surface area contributed by atoms with Crippen molar-refractivity contribution < 1.29 is 32.5 Å². The van der Waals surface area contributed by atoms with E-state index in [1.807, 2.05) is 13.0 Å². The van der Waals surface area contributed by atoms with E-state index >= 15 is 8.78 Å². The molecule has 1 N–H and O–H groups in total. The van der Waals surface area contributed by atoms with Gasteiger partial charge in [-0.3, -0.25) is 0 Å². The van der Waals surface area contributed by atoms with Crippen LogP contribution in [0.4, 0.5) is 13.2 Å². The fraction of sp³-hybridized carbons (Fsp3) is 0.188. The van der Waals surface area contributed by atoms with E-state index in [1.54, 1.807) is 23.8 Å². The quantitative estimate of drug-likeness (QED) is 0.205. The second kappa shape index (κ2) is 12.3. The summed E-state index contributed by atoms with van der Waals surface area (Å²) in [5.74, 6) is -2.62. The molecule has 0 aliphatic carbocycles. The number of carboxylic acid groups (broad SMARTS) is 1. The van der Waals surface area contributed by atoms with Crippen molar-refractivity contribution in [1.82, 2.24) is 14.5 Å². The fourth-order valence-corrected chi connectivity index (χ4v) is 4.60. The van der Waals surface area contributed by atoms with Crippen LogP contribution < -0.4 is 4.74 Å². The van der Waals surface area contributed by atoms with Crippen LogP contribution in [0.1, 0.15) is 39.8 Å². The lowest BCUT2D eigenvalue weighted by Gasteiger charge is -2.15. The van der Waals surface area contributed by atoms with Crippen LogP contribution >= 0.6 is 0 Å². The Hall–Kier alpha value is -5.21. The predicted octanol–water partition coefficient (Wildman–Crippen LogP) is 6.29. The van der Waals surface area contributed by atoms with E-state index in [1.165, 1.54) is 36.4 Å². The molecular formula is C32H25F3N4O4. The molecule has 8 nitrogen and oxygen atoms in total. The first-order valence-electron chi connectivity index (χ1n) is 13.2. The van der Waals surface area contributed by atoms with Gasteiger partial charge in [-0.05, 0) is 61.0 Å². The molecule has 0 radical (unpaired) electrons. The minimum Gasteiger partial charge on any atom is -0.478 e. The van der Waals surface area contributed by atoms with Crippen LogP contribution in [0.5, 0.6) is 5.88 Å². The summed E-state index contributed by atoms with van der Waals surface area (Å²) in [7, 11) is 1.54. The van der Waals surface area contributed by atoms with Crippen LogP contribution in [-0.4, -0.2) is 38.8 Å². The second-order valence-corrected chi connectivity index (χ2v) is 9.86. The zero-order valence-corrected chi connectivity index (χ0v) is 23.1. The summed E-state index contributed by atoms with van der Waals surface area (Å²) in [4.78, 5) is 20.4. The Balaban J connectivity index is 1.42. The minimum absolute atomic E-state index is 0.0463. The Kier molecular flexibility index (Phi) is 8.41. The number of methoxy groups -OCH3 is 1. The number of benzene rings is 3. The lowest BCUT2D eigenvalue weighted by atomic mass is 10.0. The standard InChI is InChI=1S/C32H25F3N4O4/c1-18(42-2)16-39-29-12-20(32(40)41)8-9-28(29)37-30(39)13-22-11-26(35)23(14-25(22)34)27-4-3-5-31(38-27)43-17-21-7-6-19(15-36)10-24(21)33/h3-12,14,18H,13,16-17H2,1-2H3,(H,40,41)/t18-/m1/s1. The summed E-state index contributed by atoms with van der Waals surface area (Å²) in [6.45, 7) is 1.97. The molecule has 218 valence electrons. The average Bonchev–Trinajstić information content (AvgIpc) is 3.33. The van der Waals surface area contributed by atoms with E-state index in [-0.39, 0.29) is 58.5 Å². The first kappa shape index (κ1) is 29.3. The molecule has 11 heteroatoms. The molecule has 0 aliphatic rings. The summed E-state index contributed by atoms with van der Waals surface area (Å²) in [5, 5.41) is 18.3. The molecule has 5 aromatic rings. The first-order chi connectivity index (χ1) is 20.7. The fourth-order valence-electron chi connectivity index (χ4n) is 4.60. The van der Waals surface area contributed by atoms with Gasteiger partial charge < -0.3 is 19.1 Å². The van der Waals surface area contributed by atoms with Gasteiger partial charge in [0.2, 0.25) is 5.88 Å². The molecule has 0 aliphatic heterocycles. The molecule has 3 aromatic carbocycles. The van der Waals surface area contributed by atoms with Crippen molar-refractivity contribution in [2.24, 2.45) is 0 Å². The Labute approximate surface area is 244 Å². The summed E-state index contributed by atoms with van der Waals surface area (Å²) in [6.07, 6.45) is -0.328. The van der Waals surface area contributed by atoms with Crippen LogP contribution in [0.25, 0.3) is 22.3 Å². The zero-order chi connectivity index (χ0) is 30.7. The number of aromatic carboxylic acids is 1. The van der Waals surface area contributed by atoms with Gasteiger partial charge in [-0.25, -0.2) is 27.9 Å². The molecule has 1 atom stereocenters. The van der Waals surface area contributed by atoms with Gasteiger partial charge >= 0.3 is 5.97 Å². The Morgan fingerprint density at radius 1 is 1.00 bits per heavy atom. The van der Waals surface area contributed by atoms with Gasteiger partial charge in [0.25, 0.3) is 0 Å². The number of halogens is 3. The molecule has 0 saturated carbocycles. The number of aromatic nitrogens is 3. The number of carbonyl (C=O) groups is 1. The van der Waals surface area contributed by atoms with E-state index in [2.05, 4.69) is 9.97 Å². The third kappa shape index (κ3) is 6.34. The Morgan fingerprint density at radius 3 is 2.51 bits per heavy atom. The van der Waals surface area contributed by atoms with Crippen molar-refractivity contribution in [2.75, 3.05) is 7.11 Å². The SMILES string of the molecule is CO[C@H](C)Cn1c(Cc2cc(F)c(-c3cccc(OCc4ccc(C#N)cc4F)n3)cc2F)nc2ccc(C(=O)O)cc21. The zero-order valence-electron chi connectivity index (χ0n) is 23.1. The molecule has 0 saturated heterocycles. The van der Waals surface area contributed by atoms with Crippen LogP contribution in [0.3, 0.4) is 0 Å². The van der Waals surface area contributed by atoms with Crippen molar-refractivity contribution in [3.05, 3.63) is 112 Å². The van der Waals surface area contributed by atoms with Gasteiger partial charge in [0.15, 0.2) is 0 Å². The van der Waals surface area contributed by atoms with Gasteiger partial charge in [-0.1, -0.05) is 12.1 Å². The minimum atomic E-state index is -1.09. The summed E-state index contributed by atoms with van der Waals surface area (Å²) in [6, 6.07) is 17.1. The van der Waals surface area contributed by atoms with Crippen molar-refractivity contribution >= 4 is 17.0 Å². The molecular weight excluding hydrogens is 561 g/mol. The molecule has 43 heavy (non-hydrogen) atoms. The lowest BCUT2D eigenvalue weighted by Crippen LogP contribution is -2.17. The van der Waals surface area contributed by atoms with Crippen LogP contribution in [0.15, 0.2) is 66.7 Å². The highest BCUT2D eigenvalue weighted by Gasteiger charge is 2.19. The maximum Gasteiger partial charge on any atom is 0.335 e. The Morgan fingerprint density at radius 2 is 1.79 bits per heavy atom.